The molecular formula is C7H11N. The molecule has 44 valence electrons. The Morgan fingerprint density at radius 3 is 3.12 bits per heavy atom. The van der Waals surface area contributed by atoms with Crippen molar-refractivity contribution in [3.8, 4) is 0 Å². The molecular weight excluding hydrogens is 98.1 g/mol. The Morgan fingerprint density at radius 1 is 1.75 bits per heavy atom. The number of allylic oxidation sites excluding steroid dienone is 1. The summed E-state index contributed by atoms with van der Waals surface area (Å²) in [6, 6.07) is 0. The minimum atomic E-state index is 1.09. The van der Waals surface area contributed by atoms with Crippen molar-refractivity contribution in [1.82, 2.24) is 0 Å². The first kappa shape index (κ1) is 5.54. The molecule has 8 heavy (non-hydrogen) atoms. The van der Waals surface area contributed by atoms with Gasteiger partial charge in [0.2, 0.25) is 0 Å². The van der Waals surface area contributed by atoms with Crippen molar-refractivity contribution >= 4 is 5.71 Å². The molecule has 1 rings (SSSR count). The third-order valence-electron chi connectivity index (χ3n) is 1.25. The Kier molecular flexibility index (Phi) is 1.84. The average Bonchev–Trinajstić information content (AvgIpc) is 2.19. The highest BCUT2D eigenvalue weighted by Gasteiger charge is 1.96. The number of rotatable bonds is 2. The van der Waals surface area contributed by atoms with Gasteiger partial charge in [0.15, 0.2) is 0 Å². The van der Waals surface area contributed by atoms with Crippen molar-refractivity contribution in [2.45, 2.75) is 26.2 Å². The summed E-state index contributed by atoms with van der Waals surface area (Å²) in [4.78, 5) is 4.16. The lowest BCUT2D eigenvalue weighted by Gasteiger charge is -1.91. The van der Waals surface area contributed by atoms with Crippen molar-refractivity contribution < 1.29 is 0 Å². The summed E-state index contributed by atoms with van der Waals surface area (Å²) in [5.41, 5.74) is 1.34. The van der Waals surface area contributed by atoms with Crippen LogP contribution in [-0.4, -0.2) is 5.71 Å². The summed E-state index contributed by atoms with van der Waals surface area (Å²) >= 11 is 0. The second-order valence-corrected chi connectivity index (χ2v) is 2.03. The molecule has 0 saturated heterocycles. The van der Waals surface area contributed by atoms with E-state index in [1.165, 1.54) is 18.6 Å². The van der Waals surface area contributed by atoms with Gasteiger partial charge in [-0.2, -0.15) is 0 Å². The Balaban J connectivity index is 2.28. The van der Waals surface area contributed by atoms with E-state index in [0.717, 1.165) is 6.42 Å². The van der Waals surface area contributed by atoms with Crippen LogP contribution in [0.1, 0.15) is 26.2 Å². The molecule has 0 bridgehead atoms. The molecule has 0 spiro atoms. The molecule has 0 radical (unpaired) electrons. The van der Waals surface area contributed by atoms with Crippen molar-refractivity contribution in [2.75, 3.05) is 0 Å². The lowest BCUT2D eigenvalue weighted by atomic mass is 10.2. The van der Waals surface area contributed by atoms with E-state index in [1.807, 2.05) is 6.20 Å². The van der Waals surface area contributed by atoms with Gasteiger partial charge < -0.3 is 0 Å². The van der Waals surface area contributed by atoms with Gasteiger partial charge in [-0.25, -0.2) is 0 Å². The van der Waals surface area contributed by atoms with Crippen LogP contribution in [0.4, 0.5) is 0 Å². The van der Waals surface area contributed by atoms with E-state index in [9.17, 15) is 0 Å². The summed E-state index contributed by atoms with van der Waals surface area (Å²) in [5.74, 6) is 0. The zero-order valence-electron chi connectivity index (χ0n) is 5.22. The van der Waals surface area contributed by atoms with Crippen LogP contribution in [0.3, 0.4) is 0 Å². The molecule has 0 aromatic heterocycles. The molecule has 1 aliphatic rings. The maximum Gasteiger partial charge on any atom is 0.0231 e. The maximum atomic E-state index is 4.16. The van der Waals surface area contributed by atoms with Crippen LogP contribution in [0.2, 0.25) is 0 Å². The normalized spacial score (nSPS) is 16.9. The topological polar surface area (TPSA) is 12.4 Å². The standard InChI is InChI=1S/C7H11N/c1-2-4-7-5-3-6-8-7/h3,6H,2,4-5H2,1H3. The van der Waals surface area contributed by atoms with E-state index in [2.05, 4.69) is 18.0 Å². The Labute approximate surface area is 50.1 Å². The Morgan fingerprint density at radius 2 is 2.62 bits per heavy atom. The molecule has 1 heteroatoms. The molecule has 0 aromatic rings. The summed E-state index contributed by atoms with van der Waals surface area (Å²) in [6.45, 7) is 2.18. The minimum Gasteiger partial charge on any atom is -0.266 e. The fourth-order valence-corrected chi connectivity index (χ4v) is 0.855. The molecule has 0 saturated carbocycles. The summed E-state index contributed by atoms with van der Waals surface area (Å²) < 4.78 is 0. The quantitative estimate of drug-likeness (QED) is 0.515. The van der Waals surface area contributed by atoms with Gasteiger partial charge in [-0.05, 0) is 6.42 Å². The monoisotopic (exact) mass is 109 g/mol. The molecule has 1 aliphatic heterocycles. The van der Waals surface area contributed by atoms with Crippen molar-refractivity contribution in [3.63, 3.8) is 0 Å². The molecule has 1 heterocycles. The highest BCUT2D eigenvalue weighted by Crippen LogP contribution is 2.04. The van der Waals surface area contributed by atoms with Crippen LogP contribution in [0.5, 0.6) is 0 Å². The number of hydrogen-bond acceptors (Lipinski definition) is 1. The second kappa shape index (κ2) is 2.65. The molecule has 0 aliphatic carbocycles. The third kappa shape index (κ3) is 1.19. The lowest BCUT2D eigenvalue weighted by Crippen LogP contribution is -1.89. The van der Waals surface area contributed by atoms with Crippen LogP contribution in [0, 0.1) is 0 Å². The van der Waals surface area contributed by atoms with E-state index in [4.69, 9.17) is 0 Å². The van der Waals surface area contributed by atoms with Gasteiger partial charge in [0, 0.05) is 18.3 Å². The zero-order chi connectivity index (χ0) is 5.82. The van der Waals surface area contributed by atoms with Crippen LogP contribution in [0.15, 0.2) is 17.3 Å². The van der Waals surface area contributed by atoms with Crippen LogP contribution in [0.25, 0.3) is 0 Å². The molecule has 0 fully saturated rings. The average molecular weight is 109 g/mol. The molecule has 0 atom stereocenters. The summed E-state index contributed by atoms with van der Waals surface area (Å²) in [5, 5.41) is 0. The molecule has 1 nitrogen and oxygen atoms in total. The highest BCUT2D eigenvalue weighted by atomic mass is 14.7. The lowest BCUT2D eigenvalue weighted by molar-refractivity contribution is 0.983. The SMILES string of the molecule is CCCC1=NC=CC1. The van der Waals surface area contributed by atoms with Gasteiger partial charge in [0.1, 0.15) is 0 Å². The number of aliphatic imine (C=N–C) groups is 1. The van der Waals surface area contributed by atoms with E-state index in [1.54, 1.807) is 0 Å². The van der Waals surface area contributed by atoms with Gasteiger partial charge in [-0.15, -0.1) is 0 Å². The van der Waals surface area contributed by atoms with Crippen LogP contribution < -0.4 is 0 Å². The smallest absolute Gasteiger partial charge is 0.0231 e. The minimum absolute atomic E-state index is 1.09. The summed E-state index contributed by atoms with van der Waals surface area (Å²) in [6.07, 6.45) is 7.48. The molecule has 0 aromatic carbocycles. The van der Waals surface area contributed by atoms with Crippen LogP contribution in [-0.2, 0) is 0 Å². The number of hydrogen-bond donors (Lipinski definition) is 0. The zero-order valence-corrected chi connectivity index (χ0v) is 5.22. The van der Waals surface area contributed by atoms with Gasteiger partial charge in [0.05, 0.1) is 0 Å². The van der Waals surface area contributed by atoms with Gasteiger partial charge in [-0.1, -0.05) is 19.4 Å². The third-order valence-corrected chi connectivity index (χ3v) is 1.25. The van der Waals surface area contributed by atoms with E-state index in [-0.39, 0.29) is 0 Å². The molecule has 0 unspecified atom stereocenters. The first-order valence-electron chi connectivity index (χ1n) is 3.14. The van der Waals surface area contributed by atoms with Gasteiger partial charge >= 0.3 is 0 Å². The largest absolute Gasteiger partial charge is 0.266 e. The van der Waals surface area contributed by atoms with E-state index >= 15 is 0 Å². The van der Waals surface area contributed by atoms with Crippen molar-refractivity contribution in [1.29, 1.82) is 0 Å². The first-order chi connectivity index (χ1) is 3.93. The Hall–Kier alpha value is -0.590. The summed E-state index contributed by atoms with van der Waals surface area (Å²) in [7, 11) is 0. The van der Waals surface area contributed by atoms with Gasteiger partial charge in [-0.3, -0.25) is 4.99 Å². The fraction of sp³-hybridized carbons (Fsp3) is 0.571. The van der Waals surface area contributed by atoms with Gasteiger partial charge in [0.25, 0.3) is 0 Å². The second-order valence-electron chi connectivity index (χ2n) is 2.03. The molecule has 0 amide bonds. The van der Waals surface area contributed by atoms with Crippen LogP contribution >= 0.6 is 0 Å². The number of nitrogens with zero attached hydrogens (tertiary/aromatic N) is 1. The molecule has 0 N–H and O–H groups in total. The Bertz CT molecular complexity index is 122. The maximum absolute atomic E-state index is 4.16. The fourth-order valence-electron chi connectivity index (χ4n) is 0.855. The predicted molar refractivity (Wildman–Crippen MR) is 36.1 cm³/mol. The first-order valence-corrected chi connectivity index (χ1v) is 3.14. The van der Waals surface area contributed by atoms with E-state index in [0.29, 0.717) is 0 Å². The predicted octanol–water partition coefficient (Wildman–Crippen LogP) is 2.14. The highest BCUT2D eigenvalue weighted by molar-refractivity contribution is 5.87. The van der Waals surface area contributed by atoms with E-state index < -0.39 is 0 Å². The van der Waals surface area contributed by atoms with Crippen molar-refractivity contribution in [2.24, 2.45) is 4.99 Å². The van der Waals surface area contributed by atoms with Crippen molar-refractivity contribution in [3.05, 3.63) is 12.3 Å².